The Hall–Kier alpha value is -2.74. The van der Waals surface area contributed by atoms with Crippen LogP contribution in [-0.4, -0.2) is 36.8 Å². The van der Waals surface area contributed by atoms with Gasteiger partial charge < -0.3 is 15.7 Å². The topological polar surface area (TPSA) is 87.9 Å². The number of rotatable bonds is 5. The number of nitrogens with one attached hydrogen (secondary N) is 2. The third kappa shape index (κ3) is 4.70. The first-order chi connectivity index (χ1) is 15.2. The molecule has 0 saturated heterocycles. The van der Waals surface area contributed by atoms with E-state index in [9.17, 15) is 9.50 Å². The molecular formula is C24H33FN6O. The van der Waals surface area contributed by atoms with Crippen molar-refractivity contribution in [2.24, 2.45) is 0 Å². The van der Waals surface area contributed by atoms with E-state index in [-0.39, 0.29) is 25.4 Å². The Balaban J connectivity index is 0.00000245. The second-order valence-electron chi connectivity index (χ2n) is 8.75. The minimum Gasteiger partial charge on any atom is -0.393 e. The van der Waals surface area contributed by atoms with Crippen molar-refractivity contribution < 1.29 is 9.50 Å². The van der Waals surface area contributed by atoms with E-state index >= 15 is 0 Å². The molecule has 2 fully saturated rings. The summed E-state index contributed by atoms with van der Waals surface area (Å²) in [6, 6.07) is 7.13. The molecule has 0 unspecified atom stereocenters. The van der Waals surface area contributed by atoms with Gasteiger partial charge in [-0.3, -0.25) is 4.57 Å². The molecule has 0 radical (unpaired) electrons. The molecule has 2 heterocycles. The van der Waals surface area contributed by atoms with E-state index in [0.29, 0.717) is 29.1 Å². The molecule has 2 saturated carbocycles. The number of hydrogen-bond donors (Lipinski definition) is 3. The highest BCUT2D eigenvalue weighted by Crippen LogP contribution is 2.35. The van der Waals surface area contributed by atoms with Crippen LogP contribution in [-0.2, 0) is 0 Å². The van der Waals surface area contributed by atoms with Crippen LogP contribution < -0.4 is 10.6 Å². The molecule has 2 aliphatic rings. The van der Waals surface area contributed by atoms with Crippen molar-refractivity contribution in [1.29, 1.82) is 0 Å². The Morgan fingerprint density at radius 2 is 1.72 bits per heavy atom. The van der Waals surface area contributed by atoms with Crippen LogP contribution in [0.4, 0.5) is 22.0 Å². The van der Waals surface area contributed by atoms with E-state index in [1.165, 1.54) is 25.3 Å². The summed E-state index contributed by atoms with van der Waals surface area (Å²) >= 11 is 0. The van der Waals surface area contributed by atoms with Gasteiger partial charge in [-0.05, 0) is 50.7 Å². The summed E-state index contributed by atoms with van der Waals surface area (Å²) in [6.45, 7) is 0. The van der Waals surface area contributed by atoms with Crippen molar-refractivity contribution in [3.63, 3.8) is 0 Å². The van der Waals surface area contributed by atoms with E-state index in [2.05, 4.69) is 20.2 Å². The largest absolute Gasteiger partial charge is 0.393 e. The maximum Gasteiger partial charge on any atom is 0.224 e. The van der Waals surface area contributed by atoms with E-state index in [1.807, 2.05) is 0 Å². The SMILES string of the molecule is C.OC1CCC(n2c(Nc3ccccc3F)nc3cnc(NC4CCCCC4)nc32)CC1. The molecule has 0 amide bonds. The highest BCUT2D eigenvalue weighted by molar-refractivity contribution is 5.76. The Kier molecular flexibility index (Phi) is 6.89. The maximum atomic E-state index is 14.3. The highest BCUT2D eigenvalue weighted by Gasteiger charge is 2.26. The minimum absolute atomic E-state index is 0. The summed E-state index contributed by atoms with van der Waals surface area (Å²) in [5.74, 6) is 0.852. The van der Waals surface area contributed by atoms with Crippen LogP contribution in [0.5, 0.6) is 0 Å². The van der Waals surface area contributed by atoms with Gasteiger partial charge in [0.15, 0.2) is 5.65 Å². The molecule has 32 heavy (non-hydrogen) atoms. The normalized spacial score (nSPS) is 21.8. The van der Waals surface area contributed by atoms with Gasteiger partial charge in [0.1, 0.15) is 11.3 Å². The zero-order chi connectivity index (χ0) is 21.2. The van der Waals surface area contributed by atoms with Crippen molar-refractivity contribution in [3.05, 3.63) is 36.3 Å². The number of benzene rings is 1. The van der Waals surface area contributed by atoms with Crippen LogP contribution in [0, 0.1) is 5.82 Å². The number of anilines is 3. The molecule has 5 rings (SSSR count). The number of nitrogens with zero attached hydrogens (tertiary/aromatic N) is 4. The summed E-state index contributed by atoms with van der Waals surface area (Å²) in [6.07, 6.45) is 10.7. The number of para-hydroxylation sites is 1. The molecule has 0 bridgehead atoms. The highest BCUT2D eigenvalue weighted by atomic mass is 19.1. The number of aliphatic hydroxyl groups is 1. The van der Waals surface area contributed by atoms with Crippen LogP contribution >= 0.6 is 0 Å². The molecule has 7 nitrogen and oxygen atoms in total. The maximum absolute atomic E-state index is 14.3. The monoisotopic (exact) mass is 440 g/mol. The van der Waals surface area contributed by atoms with E-state index in [1.54, 1.807) is 24.4 Å². The second-order valence-corrected chi connectivity index (χ2v) is 8.75. The standard InChI is InChI=1S/C23H29FN6O.CH4/c24-18-8-4-5-9-19(18)27-23-28-20-14-25-22(26-15-6-2-1-3-7-15)29-21(20)30(23)16-10-12-17(31)13-11-16;/h4-5,8-9,14-17,31H,1-3,6-7,10-13H2,(H,27,28)(H,25,26,29);1H4. The molecule has 0 aliphatic heterocycles. The van der Waals surface area contributed by atoms with Gasteiger partial charge in [-0.15, -0.1) is 0 Å². The Morgan fingerprint density at radius 3 is 2.47 bits per heavy atom. The fourth-order valence-corrected chi connectivity index (χ4v) is 4.82. The van der Waals surface area contributed by atoms with Crippen molar-refractivity contribution in [2.75, 3.05) is 10.6 Å². The van der Waals surface area contributed by atoms with Crippen LogP contribution in [0.1, 0.15) is 71.3 Å². The van der Waals surface area contributed by atoms with Crippen LogP contribution in [0.2, 0.25) is 0 Å². The number of halogens is 1. The van der Waals surface area contributed by atoms with Gasteiger partial charge >= 0.3 is 0 Å². The van der Waals surface area contributed by atoms with Crippen molar-refractivity contribution in [3.8, 4) is 0 Å². The average Bonchev–Trinajstić information content (AvgIpc) is 3.14. The van der Waals surface area contributed by atoms with Gasteiger partial charge in [-0.25, -0.2) is 14.4 Å². The Morgan fingerprint density at radius 1 is 0.969 bits per heavy atom. The lowest BCUT2D eigenvalue weighted by atomic mass is 9.93. The summed E-state index contributed by atoms with van der Waals surface area (Å²) in [5.41, 5.74) is 1.80. The average molecular weight is 441 g/mol. The molecule has 3 N–H and O–H groups in total. The zero-order valence-corrected chi connectivity index (χ0v) is 17.6. The molecule has 0 spiro atoms. The van der Waals surface area contributed by atoms with Crippen molar-refractivity contribution in [1.82, 2.24) is 19.5 Å². The molecular weight excluding hydrogens is 407 g/mol. The lowest BCUT2D eigenvalue weighted by Gasteiger charge is -2.28. The first kappa shape index (κ1) is 22.5. The number of aliphatic hydroxyl groups excluding tert-OH is 1. The third-order valence-corrected chi connectivity index (χ3v) is 6.52. The number of fused-ring (bicyclic) bond motifs is 1. The van der Waals surface area contributed by atoms with Gasteiger partial charge in [-0.2, -0.15) is 4.98 Å². The molecule has 8 heteroatoms. The summed E-state index contributed by atoms with van der Waals surface area (Å²) in [4.78, 5) is 14.0. The zero-order valence-electron chi connectivity index (χ0n) is 17.6. The lowest BCUT2D eigenvalue weighted by Crippen LogP contribution is -2.24. The fraction of sp³-hybridized carbons (Fsp3) is 0.542. The van der Waals surface area contributed by atoms with E-state index < -0.39 is 0 Å². The molecule has 2 aromatic heterocycles. The smallest absolute Gasteiger partial charge is 0.224 e. The van der Waals surface area contributed by atoms with Crippen LogP contribution in [0.25, 0.3) is 11.2 Å². The van der Waals surface area contributed by atoms with Gasteiger partial charge in [0.2, 0.25) is 11.9 Å². The van der Waals surface area contributed by atoms with Crippen molar-refractivity contribution in [2.45, 2.75) is 83.4 Å². The molecule has 172 valence electrons. The third-order valence-electron chi connectivity index (χ3n) is 6.52. The summed E-state index contributed by atoms with van der Waals surface area (Å²) in [7, 11) is 0. The van der Waals surface area contributed by atoms with Crippen molar-refractivity contribution >= 4 is 28.7 Å². The number of aromatic nitrogens is 4. The quantitative estimate of drug-likeness (QED) is 0.481. The Labute approximate surface area is 188 Å². The first-order valence-corrected chi connectivity index (χ1v) is 11.4. The predicted molar refractivity (Wildman–Crippen MR) is 126 cm³/mol. The second kappa shape index (κ2) is 9.81. The number of imidazole rings is 1. The predicted octanol–water partition coefficient (Wildman–Crippen LogP) is 5.57. The molecule has 1 aromatic carbocycles. The molecule has 2 aliphatic carbocycles. The van der Waals surface area contributed by atoms with Crippen LogP contribution in [0.15, 0.2) is 30.5 Å². The van der Waals surface area contributed by atoms with E-state index in [0.717, 1.165) is 44.2 Å². The lowest BCUT2D eigenvalue weighted by molar-refractivity contribution is 0.112. The summed E-state index contributed by atoms with van der Waals surface area (Å²) in [5, 5.41) is 16.6. The summed E-state index contributed by atoms with van der Waals surface area (Å²) < 4.78 is 16.4. The molecule has 0 atom stereocenters. The molecule has 3 aromatic rings. The van der Waals surface area contributed by atoms with Gasteiger partial charge in [0, 0.05) is 12.1 Å². The first-order valence-electron chi connectivity index (χ1n) is 11.4. The van der Waals surface area contributed by atoms with Gasteiger partial charge in [0.25, 0.3) is 0 Å². The minimum atomic E-state index is -0.328. The number of hydrogen-bond acceptors (Lipinski definition) is 6. The van der Waals surface area contributed by atoms with Crippen LogP contribution in [0.3, 0.4) is 0 Å². The Bertz CT molecular complexity index is 1040. The fourth-order valence-electron chi connectivity index (χ4n) is 4.82. The van der Waals surface area contributed by atoms with Gasteiger partial charge in [-0.1, -0.05) is 38.8 Å². The van der Waals surface area contributed by atoms with E-state index in [4.69, 9.17) is 9.97 Å². The van der Waals surface area contributed by atoms with Gasteiger partial charge in [0.05, 0.1) is 18.0 Å².